The number of halogens is 4. The predicted molar refractivity (Wildman–Crippen MR) is 127 cm³/mol. The summed E-state index contributed by atoms with van der Waals surface area (Å²) < 4.78 is 27.7. The molecule has 1 N–H and O–H groups in total. The van der Waals surface area contributed by atoms with Crippen LogP contribution in [0.1, 0.15) is 5.56 Å². The van der Waals surface area contributed by atoms with E-state index < -0.39 is 22.5 Å². The molecule has 0 atom stereocenters. The lowest BCUT2D eigenvalue weighted by molar-refractivity contribution is -0.114. The average Bonchev–Trinajstić information content (AvgIpc) is 2.68. The molecule has 0 fully saturated rings. The smallest absolute Gasteiger partial charge is 0.264 e. The normalized spacial score (nSPS) is 11.3. The van der Waals surface area contributed by atoms with Crippen LogP contribution < -0.4 is 9.62 Å². The third kappa shape index (κ3) is 5.84. The number of carbonyl (C=O) groups is 1. The molecule has 10 heteroatoms. The highest BCUT2D eigenvalue weighted by Gasteiger charge is 2.28. The van der Waals surface area contributed by atoms with Crippen LogP contribution in [0.5, 0.6) is 0 Å². The minimum Gasteiger partial charge on any atom is -0.324 e. The Morgan fingerprint density at radius 2 is 1.48 bits per heavy atom. The van der Waals surface area contributed by atoms with Gasteiger partial charge in [0.05, 0.1) is 20.6 Å². The van der Waals surface area contributed by atoms with Crippen molar-refractivity contribution in [3.8, 4) is 0 Å². The third-order valence-corrected chi connectivity index (χ3v) is 7.20. The fraction of sp³-hybridized carbons (Fsp3) is 0.0952. The number of hydrogen-bond donors (Lipinski definition) is 1. The van der Waals surface area contributed by atoms with Gasteiger partial charge in [-0.15, -0.1) is 0 Å². The van der Waals surface area contributed by atoms with Crippen molar-refractivity contribution in [3.63, 3.8) is 0 Å². The van der Waals surface area contributed by atoms with E-state index in [1.54, 1.807) is 18.2 Å². The molecule has 3 rings (SSSR count). The monoisotopic (exact) mass is 516 g/mol. The number of aryl methyl sites for hydroxylation is 1. The molecule has 0 aliphatic carbocycles. The van der Waals surface area contributed by atoms with Crippen molar-refractivity contribution in [2.24, 2.45) is 0 Å². The van der Waals surface area contributed by atoms with E-state index in [1.165, 1.54) is 42.5 Å². The van der Waals surface area contributed by atoms with E-state index in [2.05, 4.69) is 5.32 Å². The lowest BCUT2D eigenvalue weighted by atomic mass is 10.2. The first-order valence-electron chi connectivity index (χ1n) is 8.86. The Hall–Kier alpha value is -1.96. The first kappa shape index (κ1) is 23.7. The number of anilines is 2. The SMILES string of the molecule is Cc1ccc(S(=O)(=O)N(CC(=O)Nc2ccc(Cl)c(Cl)c2)c2cc(Cl)cc(Cl)c2)cc1. The third-order valence-electron chi connectivity index (χ3n) is 4.23. The molecule has 5 nitrogen and oxygen atoms in total. The molecule has 0 bridgehead atoms. The molecule has 31 heavy (non-hydrogen) atoms. The van der Waals surface area contributed by atoms with E-state index in [-0.39, 0.29) is 25.7 Å². The Kier molecular flexibility index (Phi) is 7.39. The second-order valence-electron chi connectivity index (χ2n) is 6.63. The topological polar surface area (TPSA) is 66.5 Å². The Labute approximate surface area is 200 Å². The maximum atomic E-state index is 13.4. The average molecular weight is 518 g/mol. The molecule has 0 heterocycles. The number of sulfonamides is 1. The van der Waals surface area contributed by atoms with Gasteiger partial charge >= 0.3 is 0 Å². The van der Waals surface area contributed by atoms with Crippen molar-refractivity contribution < 1.29 is 13.2 Å². The van der Waals surface area contributed by atoms with E-state index in [0.29, 0.717) is 10.7 Å². The Bertz CT molecular complexity index is 1210. The zero-order chi connectivity index (χ0) is 22.8. The highest BCUT2D eigenvalue weighted by atomic mass is 35.5. The van der Waals surface area contributed by atoms with Gasteiger partial charge in [-0.05, 0) is 55.5 Å². The molecular formula is C21H16Cl4N2O3S. The fourth-order valence-electron chi connectivity index (χ4n) is 2.74. The number of nitrogens with one attached hydrogen (secondary N) is 1. The number of carbonyl (C=O) groups excluding carboxylic acids is 1. The van der Waals surface area contributed by atoms with E-state index >= 15 is 0 Å². The van der Waals surface area contributed by atoms with Gasteiger partial charge in [0.25, 0.3) is 10.0 Å². The molecule has 1 amide bonds. The summed E-state index contributed by atoms with van der Waals surface area (Å²) in [6, 6.07) is 15.2. The molecule has 0 aromatic heterocycles. The van der Waals surface area contributed by atoms with E-state index in [9.17, 15) is 13.2 Å². The highest BCUT2D eigenvalue weighted by Crippen LogP contribution is 2.30. The molecular weight excluding hydrogens is 502 g/mol. The summed E-state index contributed by atoms with van der Waals surface area (Å²) in [5, 5.41) is 3.67. The molecule has 0 aliphatic rings. The van der Waals surface area contributed by atoms with Gasteiger partial charge in [0, 0.05) is 15.7 Å². The number of hydrogen-bond acceptors (Lipinski definition) is 3. The Morgan fingerprint density at radius 1 is 0.871 bits per heavy atom. The minimum absolute atomic E-state index is 0.0246. The van der Waals surface area contributed by atoms with Crippen LogP contribution in [0, 0.1) is 6.92 Å². The largest absolute Gasteiger partial charge is 0.324 e. The summed E-state index contributed by atoms with van der Waals surface area (Å²) in [5.41, 5.74) is 1.42. The lowest BCUT2D eigenvalue weighted by Crippen LogP contribution is -2.38. The standard InChI is InChI=1S/C21H16Cl4N2O3S/c1-13-2-5-18(6-3-13)31(29,30)27(17-9-14(22)8-15(23)10-17)12-21(28)26-16-4-7-19(24)20(25)11-16/h2-11H,12H2,1H3,(H,26,28). The van der Waals surface area contributed by atoms with E-state index in [0.717, 1.165) is 9.87 Å². The number of amides is 1. The summed E-state index contributed by atoms with van der Waals surface area (Å²) >= 11 is 24.0. The Balaban J connectivity index is 1.98. The van der Waals surface area contributed by atoms with Crippen molar-refractivity contribution in [1.82, 2.24) is 0 Å². The van der Waals surface area contributed by atoms with E-state index in [1.807, 2.05) is 6.92 Å². The van der Waals surface area contributed by atoms with Gasteiger partial charge in [0.15, 0.2) is 0 Å². The van der Waals surface area contributed by atoms with Crippen LogP contribution in [-0.4, -0.2) is 20.9 Å². The number of rotatable bonds is 6. The molecule has 0 aliphatic heterocycles. The van der Waals surface area contributed by atoms with Gasteiger partial charge in [-0.1, -0.05) is 64.1 Å². The summed E-state index contributed by atoms with van der Waals surface area (Å²) in [6.07, 6.45) is 0. The predicted octanol–water partition coefficient (Wildman–Crippen LogP) is 6.44. The summed E-state index contributed by atoms with van der Waals surface area (Å²) in [6.45, 7) is 1.32. The summed E-state index contributed by atoms with van der Waals surface area (Å²) in [5.74, 6) is -0.592. The van der Waals surface area contributed by atoms with Crippen LogP contribution >= 0.6 is 46.4 Å². The van der Waals surface area contributed by atoms with Gasteiger partial charge in [-0.2, -0.15) is 0 Å². The van der Waals surface area contributed by atoms with Crippen molar-refractivity contribution in [3.05, 3.63) is 86.3 Å². The van der Waals surface area contributed by atoms with Crippen LogP contribution in [0.25, 0.3) is 0 Å². The second-order valence-corrected chi connectivity index (χ2v) is 10.2. The molecule has 162 valence electrons. The molecule has 0 saturated heterocycles. The van der Waals surface area contributed by atoms with Gasteiger partial charge in [0.2, 0.25) is 5.91 Å². The molecule has 3 aromatic rings. The molecule has 0 unspecified atom stereocenters. The zero-order valence-corrected chi connectivity index (χ0v) is 19.9. The number of benzene rings is 3. The van der Waals surface area contributed by atoms with Gasteiger partial charge in [0.1, 0.15) is 6.54 Å². The van der Waals surface area contributed by atoms with Crippen LogP contribution in [0.3, 0.4) is 0 Å². The zero-order valence-electron chi connectivity index (χ0n) is 16.1. The maximum absolute atomic E-state index is 13.4. The van der Waals surface area contributed by atoms with Crippen LogP contribution in [0.15, 0.2) is 65.6 Å². The Morgan fingerprint density at radius 3 is 2.06 bits per heavy atom. The van der Waals surface area contributed by atoms with Gasteiger partial charge in [-0.25, -0.2) is 8.42 Å². The van der Waals surface area contributed by atoms with Crippen LogP contribution in [0.4, 0.5) is 11.4 Å². The highest BCUT2D eigenvalue weighted by molar-refractivity contribution is 7.92. The van der Waals surface area contributed by atoms with Crippen LogP contribution in [-0.2, 0) is 14.8 Å². The molecule has 0 spiro atoms. The molecule has 0 saturated carbocycles. The minimum atomic E-state index is -4.10. The maximum Gasteiger partial charge on any atom is 0.264 e. The van der Waals surface area contributed by atoms with Crippen molar-refractivity contribution in [2.75, 3.05) is 16.2 Å². The summed E-state index contributed by atoms with van der Waals surface area (Å²) in [4.78, 5) is 12.8. The van der Waals surface area contributed by atoms with Gasteiger partial charge < -0.3 is 5.32 Å². The lowest BCUT2D eigenvalue weighted by Gasteiger charge is -2.24. The van der Waals surface area contributed by atoms with Crippen LogP contribution in [0.2, 0.25) is 20.1 Å². The second kappa shape index (κ2) is 9.67. The first-order chi connectivity index (χ1) is 14.6. The van der Waals surface area contributed by atoms with E-state index in [4.69, 9.17) is 46.4 Å². The quantitative estimate of drug-likeness (QED) is 0.409. The van der Waals surface area contributed by atoms with Gasteiger partial charge in [-0.3, -0.25) is 9.10 Å². The fourth-order valence-corrected chi connectivity index (χ4v) is 4.96. The number of nitrogens with zero attached hydrogens (tertiary/aromatic N) is 1. The first-order valence-corrected chi connectivity index (χ1v) is 11.8. The van der Waals surface area contributed by atoms with Crippen molar-refractivity contribution in [1.29, 1.82) is 0 Å². The van der Waals surface area contributed by atoms with Crippen molar-refractivity contribution >= 4 is 73.7 Å². The molecule has 0 radical (unpaired) electrons. The van der Waals surface area contributed by atoms with Crippen molar-refractivity contribution in [2.45, 2.75) is 11.8 Å². The molecule has 3 aromatic carbocycles. The summed E-state index contributed by atoms with van der Waals surface area (Å²) in [7, 11) is -4.10.